The smallest absolute Gasteiger partial charge is 0.303 e. The molecule has 0 aromatic heterocycles. The molecule has 9 nitrogen and oxygen atoms in total. The van der Waals surface area contributed by atoms with E-state index in [1.807, 2.05) is 49.4 Å². The van der Waals surface area contributed by atoms with Gasteiger partial charge in [-0.3, -0.25) is 14.4 Å². The molecule has 218 valence electrons. The zero-order chi connectivity index (χ0) is 29.2. The molecule has 2 aromatic carbocycles. The van der Waals surface area contributed by atoms with Crippen LogP contribution in [0.2, 0.25) is 0 Å². The van der Waals surface area contributed by atoms with Crippen LogP contribution in [0.1, 0.15) is 55.5 Å². The lowest BCUT2D eigenvalue weighted by molar-refractivity contribution is -0.233. The van der Waals surface area contributed by atoms with Crippen LogP contribution in [0.5, 0.6) is 5.75 Å². The summed E-state index contributed by atoms with van der Waals surface area (Å²) in [6.07, 6.45) is -0.525. The van der Waals surface area contributed by atoms with Gasteiger partial charge in [0.05, 0.1) is 6.61 Å². The lowest BCUT2D eigenvalue weighted by atomic mass is 9.90. The number of methoxy groups -OCH3 is 1. The Balaban J connectivity index is 1.90. The third-order valence-corrected chi connectivity index (χ3v) is 7.26. The fourth-order valence-electron chi connectivity index (χ4n) is 4.61. The highest BCUT2D eigenvalue weighted by Crippen LogP contribution is 2.40. The first-order valence-electron chi connectivity index (χ1n) is 13.1. The van der Waals surface area contributed by atoms with E-state index in [1.54, 1.807) is 13.4 Å². The molecule has 10 heteroatoms. The average molecular weight is 575 g/mol. The van der Waals surface area contributed by atoms with Crippen LogP contribution < -0.4 is 4.74 Å². The number of thioether (sulfide) groups is 1. The Morgan fingerprint density at radius 1 is 0.850 bits per heavy atom. The van der Waals surface area contributed by atoms with Crippen LogP contribution in [-0.2, 0) is 44.5 Å². The Morgan fingerprint density at radius 2 is 1.48 bits per heavy atom. The van der Waals surface area contributed by atoms with Crippen molar-refractivity contribution >= 4 is 29.7 Å². The SMILES string of the molecule is COCCCOc1ccc(Cc2cc([C@@H]3O[C@H](SC)[C@@H](OC(C)=O)[C@H](OC(C)=O)[C@H]3OC(C)=O)ccc2C)cc1. The van der Waals surface area contributed by atoms with Gasteiger partial charge in [0.25, 0.3) is 0 Å². The fraction of sp³-hybridized carbons (Fsp3) is 0.500. The van der Waals surface area contributed by atoms with Gasteiger partial charge in [-0.1, -0.05) is 30.3 Å². The summed E-state index contributed by atoms with van der Waals surface area (Å²) in [6, 6.07) is 13.9. The van der Waals surface area contributed by atoms with Crippen molar-refractivity contribution in [2.75, 3.05) is 26.6 Å². The molecule has 2 aromatic rings. The normalized spacial score (nSPS) is 22.3. The van der Waals surface area contributed by atoms with E-state index in [0.29, 0.717) is 19.6 Å². The van der Waals surface area contributed by atoms with Crippen molar-refractivity contribution in [2.24, 2.45) is 0 Å². The minimum absolute atomic E-state index is 0.561. The molecule has 0 spiro atoms. The van der Waals surface area contributed by atoms with Crippen LogP contribution in [0.25, 0.3) is 0 Å². The lowest BCUT2D eigenvalue weighted by Crippen LogP contribution is -2.57. The van der Waals surface area contributed by atoms with Gasteiger partial charge in [-0.25, -0.2) is 0 Å². The Kier molecular flexibility index (Phi) is 11.8. The Morgan fingerprint density at radius 3 is 2.08 bits per heavy atom. The van der Waals surface area contributed by atoms with Crippen molar-refractivity contribution in [3.63, 3.8) is 0 Å². The number of esters is 3. The molecular weight excluding hydrogens is 536 g/mol. The molecule has 1 aliphatic rings. The maximum absolute atomic E-state index is 12.1. The molecule has 0 aliphatic carbocycles. The minimum atomic E-state index is -1.05. The van der Waals surface area contributed by atoms with Gasteiger partial charge in [0.1, 0.15) is 17.3 Å². The molecule has 0 amide bonds. The lowest BCUT2D eigenvalue weighted by Gasteiger charge is -2.44. The van der Waals surface area contributed by atoms with Gasteiger partial charge < -0.3 is 28.4 Å². The molecule has 1 heterocycles. The van der Waals surface area contributed by atoms with Crippen molar-refractivity contribution in [3.05, 3.63) is 64.7 Å². The fourth-order valence-corrected chi connectivity index (χ4v) is 5.32. The van der Waals surface area contributed by atoms with Gasteiger partial charge in [0.15, 0.2) is 18.3 Å². The summed E-state index contributed by atoms with van der Waals surface area (Å²) in [7, 11) is 1.67. The number of hydrogen-bond acceptors (Lipinski definition) is 10. The third-order valence-electron chi connectivity index (χ3n) is 6.41. The van der Waals surface area contributed by atoms with Gasteiger partial charge in [-0.2, -0.15) is 0 Å². The van der Waals surface area contributed by atoms with E-state index < -0.39 is 47.8 Å². The highest BCUT2D eigenvalue weighted by Gasteiger charge is 2.52. The molecule has 1 aliphatic heterocycles. The van der Waals surface area contributed by atoms with Crippen LogP contribution in [-0.4, -0.2) is 68.2 Å². The van der Waals surface area contributed by atoms with E-state index in [1.165, 1.54) is 32.5 Å². The number of ether oxygens (including phenoxy) is 6. The van der Waals surface area contributed by atoms with Gasteiger partial charge >= 0.3 is 17.9 Å². The second-order valence-electron chi connectivity index (χ2n) is 9.58. The summed E-state index contributed by atoms with van der Waals surface area (Å²) in [6.45, 7) is 7.06. The second kappa shape index (κ2) is 15.1. The van der Waals surface area contributed by atoms with E-state index >= 15 is 0 Å². The molecule has 0 radical (unpaired) electrons. The van der Waals surface area contributed by atoms with E-state index in [0.717, 1.165) is 34.4 Å². The Labute approximate surface area is 239 Å². The molecule has 40 heavy (non-hydrogen) atoms. The predicted molar refractivity (Wildman–Crippen MR) is 150 cm³/mol. The van der Waals surface area contributed by atoms with Gasteiger partial charge in [0.2, 0.25) is 0 Å². The standard InChI is InChI=1S/C30H38O9S/c1-18-8-11-23(17-24(18)16-22-9-12-25(13-10-22)35-15-7-14-34-5)26-27(36-19(2)31)28(37-20(3)32)29(38-21(4)33)30(39-26)40-6/h8-13,17,26-30H,7,14-16H2,1-6H3/t26-,27-,28+,29-,30+/m0/s1. The minimum Gasteiger partial charge on any atom is -0.494 e. The molecule has 0 N–H and O–H groups in total. The number of benzene rings is 2. The summed E-state index contributed by atoms with van der Waals surface area (Å²) < 4.78 is 33.9. The van der Waals surface area contributed by atoms with E-state index in [9.17, 15) is 14.4 Å². The topological polar surface area (TPSA) is 107 Å². The van der Waals surface area contributed by atoms with Crippen molar-refractivity contribution in [3.8, 4) is 5.75 Å². The second-order valence-corrected chi connectivity index (χ2v) is 10.5. The monoisotopic (exact) mass is 574 g/mol. The van der Waals surface area contributed by atoms with Crippen molar-refractivity contribution in [1.29, 1.82) is 0 Å². The highest BCUT2D eigenvalue weighted by molar-refractivity contribution is 7.99. The molecule has 0 unspecified atom stereocenters. The van der Waals surface area contributed by atoms with Gasteiger partial charge in [-0.15, -0.1) is 11.8 Å². The van der Waals surface area contributed by atoms with Crippen molar-refractivity contribution in [2.45, 2.75) is 70.4 Å². The number of rotatable bonds is 12. The van der Waals surface area contributed by atoms with Crippen LogP contribution in [0.15, 0.2) is 42.5 Å². The number of aryl methyl sites for hydroxylation is 1. The molecule has 0 bridgehead atoms. The van der Waals surface area contributed by atoms with E-state index in [-0.39, 0.29) is 0 Å². The number of hydrogen-bond donors (Lipinski definition) is 0. The summed E-state index contributed by atoms with van der Waals surface area (Å²) >= 11 is 1.32. The summed E-state index contributed by atoms with van der Waals surface area (Å²) in [5.41, 5.74) is 3.33. The number of carbonyl (C=O) groups excluding carboxylic acids is 3. The van der Waals surface area contributed by atoms with Gasteiger partial charge in [-0.05, 0) is 54.0 Å². The zero-order valence-electron chi connectivity index (χ0n) is 23.8. The quantitative estimate of drug-likeness (QED) is 0.203. The van der Waals surface area contributed by atoms with Crippen LogP contribution in [0.3, 0.4) is 0 Å². The summed E-state index contributed by atoms with van der Waals surface area (Å²) in [4.78, 5) is 36.1. The number of carbonyl (C=O) groups is 3. The first-order valence-corrected chi connectivity index (χ1v) is 14.4. The summed E-state index contributed by atoms with van der Waals surface area (Å²) in [5.74, 6) is -0.923. The van der Waals surface area contributed by atoms with Gasteiger partial charge in [0, 0.05) is 40.9 Å². The first kappa shape index (κ1) is 31.4. The molecule has 0 saturated carbocycles. The summed E-state index contributed by atoms with van der Waals surface area (Å²) in [5, 5.41) is 0. The molecule has 5 atom stereocenters. The molecule has 3 rings (SSSR count). The van der Waals surface area contributed by atoms with Crippen molar-refractivity contribution in [1.82, 2.24) is 0 Å². The van der Waals surface area contributed by atoms with E-state index in [4.69, 9.17) is 28.4 Å². The average Bonchev–Trinajstić information content (AvgIpc) is 2.90. The largest absolute Gasteiger partial charge is 0.494 e. The van der Waals surface area contributed by atoms with Crippen LogP contribution >= 0.6 is 11.8 Å². The van der Waals surface area contributed by atoms with Crippen molar-refractivity contribution < 1.29 is 42.8 Å². The van der Waals surface area contributed by atoms with E-state index in [2.05, 4.69) is 0 Å². The zero-order valence-corrected chi connectivity index (χ0v) is 24.7. The molecule has 1 fully saturated rings. The maximum Gasteiger partial charge on any atom is 0.303 e. The molecule has 1 saturated heterocycles. The highest BCUT2D eigenvalue weighted by atomic mass is 32.2. The Bertz CT molecular complexity index is 1150. The molecular formula is C30H38O9S. The maximum atomic E-state index is 12.1. The third kappa shape index (κ3) is 8.71. The van der Waals surface area contributed by atoms with Crippen LogP contribution in [0.4, 0.5) is 0 Å². The van der Waals surface area contributed by atoms with Crippen LogP contribution in [0, 0.1) is 6.92 Å². The Hall–Kier alpha value is -3.08. The first-order chi connectivity index (χ1) is 19.1. The predicted octanol–water partition coefficient (Wildman–Crippen LogP) is 4.56.